The summed E-state index contributed by atoms with van der Waals surface area (Å²) >= 11 is 0. The molecule has 0 bridgehead atoms. The van der Waals surface area contributed by atoms with E-state index in [1.807, 2.05) is 0 Å². The molecule has 1 aliphatic carbocycles. The molecule has 7 nitrogen and oxygen atoms in total. The third-order valence-electron chi connectivity index (χ3n) is 2.66. The summed E-state index contributed by atoms with van der Waals surface area (Å²) < 4.78 is 4.99. The average Bonchev–Trinajstić information content (AvgIpc) is 2.74. The van der Waals surface area contributed by atoms with Crippen molar-refractivity contribution >= 4 is 18.0 Å². The number of carbonyl (C=O) groups excluding carboxylic acids is 2. The fourth-order valence-electron chi connectivity index (χ4n) is 1.77. The molecule has 0 heterocycles. The van der Waals surface area contributed by atoms with Gasteiger partial charge in [0.1, 0.15) is 11.1 Å². The molecule has 0 aliphatic heterocycles. The highest BCUT2D eigenvalue weighted by Gasteiger charge is 2.62. The Bertz CT molecular complexity index is 387. The van der Waals surface area contributed by atoms with E-state index in [0.717, 1.165) is 0 Å². The minimum atomic E-state index is -1.42. The minimum Gasteiger partial charge on any atom is -0.479 e. The van der Waals surface area contributed by atoms with Crippen LogP contribution < -0.4 is 11.1 Å². The first-order valence-corrected chi connectivity index (χ1v) is 5.60. The van der Waals surface area contributed by atoms with Gasteiger partial charge in [-0.15, -0.1) is 0 Å². The van der Waals surface area contributed by atoms with Crippen molar-refractivity contribution in [2.75, 3.05) is 0 Å². The smallest absolute Gasteiger partial charge is 0.408 e. The van der Waals surface area contributed by atoms with E-state index in [9.17, 15) is 14.4 Å². The summed E-state index contributed by atoms with van der Waals surface area (Å²) in [5.74, 6) is -2.24. The number of carboxylic acids is 1. The number of rotatable bonds is 4. The lowest BCUT2D eigenvalue weighted by Crippen LogP contribution is -2.47. The van der Waals surface area contributed by atoms with Crippen LogP contribution in [-0.2, 0) is 14.3 Å². The number of amides is 2. The number of hydrogen-bond donors (Lipinski definition) is 3. The van der Waals surface area contributed by atoms with Gasteiger partial charge >= 0.3 is 12.1 Å². The van der Waals surface area contributed by atoms with E-state index in [4.69, 9.17) is 15.6 Å². The largest absolute Gasteiger partial charge is 0.479 e. The van der Waals surface area contributed by atoms with Crippen LogP contribution in [0.3, 0.4) is 0 Å². The van der Waals surface area contributed by atoms with Crippen LogP contribution in [0.25, 0.3) is 0 Å². The molecule has 4 N–H and O–H groups in total. The van der Waals surface area contributed by atoms with Crippen LogP contribution in [0.4, 0.5) is 4.79 Å². The van der Waals surface area contributed by atoms with Crippen LogP contribution in [0.1, 0.15) is 33.6 Å². The lowest BCUT2D eigenvalue weighted by atomic mass is 10.1. The van der Waals surface area contributed by atoms with Gasteiger partial charge in [-0.25, -0.2) is 9.59 Å². The molecule has 1 saturated carbocycles. The number of carbonyl (C=O) groups is 3. The lowest BCUT2D eigenvalue weighted by molar-refractivity contribution is -0.141. The maximum Gasteiger partial charge on any atom is 0.408 e. The van der Waals surface area contributed by atoms with E-state index >= 15 is 0 Å². The van der Waals surface area contributed by atoms with Gasteiger partial charge in [0.25, 0.3) is 0 Å². The molecule has 2 amide bonds. The SMILES string of the molecule is CC(C)(C)OC(=O)N[C@@]1(C(=O)O)C[C@H]1CC(N)=O. The number of ether oxygens (including phenoxy) is 1. The summed E-state index contributed by atoms with van der Waals surface area (Å²) in [6.45, 7) is 5.02. The predicted molar refractivity (Wildman–Crippen MR) is 61.7 cm³/mol. The second-order valence-corrected chi connectivity index (χ2v) is 5.47. The Morgan fingerprint density at radius 2 is 2.00 bits per heavy atom. The van der Waals surface area contributed by atoms with Crippen molar-refractivity contribution in [2.24, 2.45) is 11.7 Å². The van der Waals surface area contributed by atoms with Crippen molar-refractivity contribution < 1.29 is 24.2 Å². The molecule has 1 aliphatic rings. The predicted octanol–water partition coefficient (Wildman–Crippen LogP) is 0.230. The van der Waals surface area contributed by atoms with Crippen LogP contribution in [0.5, 0.6) is 0 Å². The Morgan fingerprint density at radius 3 is 2.39 bits per heavy atom. The van der Waals surface area contributed by atoms with Crippen molar-refractivity contribution in [1.29, 1.82) is 0 Å². The van der Waals surface area contributed by atoms with Crippen molar-refractivity contribution in [3.63, 3.8) is 0 Å². The summed E-state index contributed by atoms with van der Waals surface area (Å²) in [6.07, 6.45) is -0.691. The molecule has 18 heavy (non-hydrogen) atoms. The van der Waals surface area contributed by atoms with E-state index in [1.54, 1.807) is 20.8 Å². The summed E-state index contributed by atoms with van der Waals surface area (Å²) in [4.78, 5) is 33.5. The van der Waals surface area contributed by atoms with Gasteiger partial charge in [0, 0.05) is 12.3 Å². The number of nitrogens with two attached hydrogens (primary N) is 1. The average molecular weight is 258 g/mol. The molecule has 102 valence electrons. The highest BCUT2D eigenvalue weighted by molar-refractivity contribution is 5.89. The molecule has 0 unspecified atom stereocenters. The standard InChI is InChI=1S/C11H18N2O5/c1-10(2,3)18-9(17)13-11(8(15)16)5-6(11)4-7(12)14/h6H,4-5H2,1-3H3,(H2,12,14)(H,13,17)(H,15,16)/t6-,11+/m1/s1. The van der Waals surface area contributed by atoms with E-state index in [0.29, 0.717) is 0 Å². The first-order chi connectivity index (χ1) is 8.07. The Hall–Kier alpha value is -1.79. The first-order valence-electron chi connectivity index (χ1n) is 5.60. The van der Waals surface area contributed by atoms with Crippen molar-refractivity contribution in [3.8, 4) is 0 Å². The Labute approximate surface area is 105 Å². The van der Waals surface area contributed by atoms with Crippen molar-refractivity contribution in [1.82, 2.24) is 5.32 Å². The first kappa shape index (κ1) is 14.3. The molecule has 0 aromatic heterocycles. The number of aliphatic carboxylic acids is 1. The van der Waals surface area contributed by atoms with Gasteiger partial charge in [0.2, 0.25) is 5.91 Å². The van der Waals surface area contributed by atoms with Gasteiger partial charge < -0.3 is 20.9 Å². The molecule has 2 atom stereocenters. The Balaban J connectivity index is 2.65. The molecular weight excluding hydrogens is 240 g/mol. The molecule has 0 aromatic rings. The van der Waals surface area contributed by atoms with E-state index in [1.165, 1.54) is 0 Å². The van der Waals surface area contributed by atoms with Gasteiger partial charge in [-0.2, -0.15) is 0 Å². The second-order valence-electron chi connectivity index (χ2n) is 5.47. The monoisotopic (exact) mass is 258 g/mol. The highest BCUT2D eigenvalue weighted by atomic mass is 16.6. The maximum atomic E-state index is 11.5. The summed E-state index contributed by atoms with van der Waals surface area (Å²) in [5.41, 5.74) is 2.88. The molecule has 0 spiro atoms. The molecule has 0 aromatic carbocycles. The summed E-state index contributed by atoms with van der Waals surface area (Å²) in [5, 5.41) is 11.4. The van der Waals surface area contributed by atoms with Gasteiger partial charge in [0.05, 0.1) is 0 Å². The number of nitrogens with one attached hydrogen (secondary N) is 1. The van der Waals surface area contributed by atoms with Crippen LogP contribution in [0.15, 0.2) is 0 Å². The third kappa shape index (κ3) is 3.35. The van der Waals surface area contributed by atoms with E-state index in [2.05, 4.69) is 5.32 Å². The van der Waals surface area contributed by atoms with E-state index in [-0.39, 0.29) is 12.8 Å². The number of hydrogen-bond acceptors (Lipinski definition) is 4. The highest BCUT2D eigenvalue weighted by Crippen LogP contribution is 2.46. The Kier molecular flexibility index (Phi) is 3.54. The maximum absolute atomic E-state index is 11.5. The fraction of sp³-hybridized carbons (Fsp3) is 0.727. The zero-order valence-electron chi connectivity index (χ0n) is 10.6. The van der Waals surface area contributed by atoms with Gasteiger partial charge in [0.15, 0.2) is 0 Å². The molecule has 1 fully saturated rings. The Morgan fingerprint density at radius 1 is 1.44 bits per heavy atom. The van der Waals surface area contributed by atoms with Crippen LogP contribution in [-0.4, -0.2) is 34.2 Å². The van der Waals surface area contributed by atoms with Gasteiger partial charge in [-0.1, -0.05) is 0 Å². The summed E-state index contributed by atoms with van der Waals surface area (Å²) in [7, 11) is 0. The number of carboxylic acid groups (broad SMARTS) is 1. The minimum absolute atomic E-state index is 0.0674. The molecule has 0 radical (unpaired) electrons. The van der Waals surface area contributed by atoms with Gasteiger partial charge in [-0.05, 0) is 27.2 Å². The summed E-state index contributed by atoms with van der Waals surface area (Å²) in [6, 6.07) is 0. The fourth-order valence-corrected chi connectivity index (χ4v) is 1.77. The molecule has 1 rings (SSSR count). The molecule has 0 saturated heterocycles. The van der Waals surface area contributed by atoms with Crippen molar-refractivity contribution in [2.45, 2.75) is 44.8 Å². The van der Waals surface area contributed by atoms with Crippen LogP contribution in [0.2, 0.25) is 0 Å². The number of alkyl carbamates (subject to hydrolysis) is 1. The second kappa shape index (κ2) is 4.47. The van der Waals surface area contributed by atoms with Crippen molar-refractivity contribution in [3.05, 3.63) is 0 Å². The molecule has 7 heteroatoms. The zero-order valence-corrected chi connectivity index (χ0v) is 10.6. The quantitative estimate of drug-likeness (QED) is 0.667. The van der Waals surface area contributed by atoms with Crippen LogP contribution in [0, 0.1) is 5.92 Å². The third-order valence-corrected chi connectivity index (χ3v) is 2.66. The lowest BCUT2D eigenvalue weighted by Gasteiger charge is -2.22. The zero-order chi connectivity index (χ0) is 14.1. The van der Waals surface area contributed by atoms with E-state index < -0.39 is 35.0 Å². The normalized spacial score (nSPS) is 26.3. The molecular formula is C11H18N2O5. The van der Waals surface area contributed by atoms with Gasteiger partial charge in [-0.3, -0.25) is 4.79 Å². The number of primary amides is 1. The van der Waals surface area contributed by atoms with Crippen LogP contribution >= 0.6 is 0 Å². The topological polar surface area (TPSA) is 119 Å².